The van der Waals surface area contributed by atoms with Crippen molar-refractivity contribution in [3.63, 3.8) is 0 Å². The van der Waals surface area contributed by atoms with Crippen LogP contribution in [0.15, 0.2) is 36.7 Å². The third kappa shape index (κ3) is 4.20. The van der Waals surface area contributed by atoms with E-state index in [-0.39, 0.29) is 22.8 Å². The highest BCUT2D eigenvalue weighted by atomic mass is 35.5. The van der Waals surface area contributed by atoms with E-state index in [1.807, 2.05) is 16.7 Å². The summed E-state index contributed by atoms with van der Waals surface area (Å²) in [6.07, 6.45) is 3.63. The van der Waals surface area contributed by atoms with Crippen LogP contribution in [0, 0.1) is 0 Å². The number of ether oxygens (including phenoxy) is 1. The van der Waals surface area contributed by atoms with Gasteiger partial charge in [0.25, 0.3) is 10.1 Å². The number of hydrogen-bond donors (Lipinski definition) is 1. The standard InChI is InChI=1S/C17H21ClN2O5S/c1-4-7-16-19(5-2)15-11-13(18)12(17(21)25-3)10-14(15)20(16)8-6-9-26(22,23)24/h4,7,10-11H,1,5-6,8-9H2,2-3H3,(H,22,23,24). The number of halogens is 1. The predicted octanol–water partition coefficient (Wildman–Crippen LogP) is 3.08. The molecule has 9 heteroatoms. The maximum Gasteiger partial charge on any atom is 0.339 e. The van der Waals surface area contributed by atoms with Gasteiger partial charge in [-0.15, -0.1) is 0 Å². The number of nitrogens with zero attached hydrogens (tertiary/aromatic N) is 2. The smallest absolute Gasteiger partial charge is 0.339 e. The van der Waals surface area contributed by atoms with E-state index in [9.17, 15) is 13.2 Å². The van der Waals surface area contributed by atoms with Gasteiger partial charge in [0.15, 0.2) is 0 Å². The lowest BCUT2D eigenvalue weighted by Crippen LogP contribution is -2.29. The first-order valence-corrected chi connectivity index (χ1v) is 9.97. The third-order valence-electron chi connectivity index (χ3n) is 3.97. The van der Waals surface area contributed by atoms with Crippen LogP contribution < -0.4 is 9.80 Å². The number of hydrogen-bond acceptors (Lipinski definition) is 6. The fourth-order valence-corrected chi connectivity index (χ4v) is 3.63. The summed E-state index contributed by atoms with van der Waals surface area (Å²) in [7, 11) is -2.77. The lowest BCUT2D eigenvalue weighted by molar-refractivity contribution is 0.0601. The normalized spacial score (nSPS) is 15.3. The summed E-state index contributed by atoms with van der Waals surface area (Å²) in [5, 5.41) is 0.270. The number of fused-ring (bicyclic) bond motifs is 1. The van der Waals surface area contributed by atoms with Gasteiger partial charge in [-0.3, -0.25) is 4.55 Å². The van der Waals surface area contributed by atoms with E-state index in [2.05, 4.69) is 6.58 Å². The molecule has 0 saturated heterocycles. The number of benzene rings is 1. The fourth-order valence-electron chi connectivity index (χ4n) is 2.90. The maximum absolute atomic E-state index is 12.0. The van der Waals surface area contributed by atoms with Crippen LogP contribution in [-0.2, 0) is 14.9 Å². The Kier molecular flexibility index (Phi) is 6.33. The average Bonchev–Trinajstić information content (AvgIpc) is 2.85. The molecule has 1 heterocycles. The molecule has 26 heavy (non-hydrogen) atoms. The lowest BCUT2D eigenvalue weighted by Gasteiger charge is -2.24. The number of carbonyl (C=O) groups is 1. The summed E-state index contributed by atoms with van der Waals surface area (Å²) >= 11 is 6.24. The molecule has 1 aromatic rings. The van der Waals surface area contributed by atoms with Crippen LogP contribution in [0.5, 0.6) is 0 Å². The number of allylic oxidation sites excluding steroid dienone is 2. The summed E-state index contributed by atoms with van der Waals surface area (Å²) in [4.78, 5) is 15.8. The van der Waals surface area contributed by atoms with E-state index in [1.165, 1.54) is 7.11 Å². The van der Waals surface area contributed by atoms with Gasteiger partial charge in [-0.1, -0.05) is 24.3 Å². The summed E-state index contributed by atoms with van der Waals surface area (Å²) in [5.41, 5.74) is 1.73. The van der Waals surface area contributed by atoms with Crippen LogP contribution in [0.3, 0.4) is 0 Å². The Bertz CT molecular complexity index is 851. The fraction of sp³-hybridized carbons (Fsp3) is 0.353. The Balaban J connectivity index is 2.50. The van der Waals surface area contributed by atoms with E-state index >= 15 is 0 Å². The summed E-state index contributed by atoms with van der Waals surface area (Å²) in [5.74, 6) is -0.130. The van der Waals surface area contributed by atoms with Crippen molar-refractivity contribution in [3.05, 3.63) is 47.3 Å². The van der Waals surface area contributed by atoms with Crippen molar-refractivity contribution in [1.29, 1.82) is 0 Å². The molecule has 142 valence electrons. The SMILES string of the molecule is C=CC=C1N(CC)c2cc(Cl)c(C(=O)OC)cc2N1CCCS(=O)(=O)O. The minimum Gasteiger partial charge on any atom is -0.465 e. The number of carbonyl (C=O) groups excluding carboxylic acids is 1. The highest BCUT2D eigenvalue weighted by Crippen LogP contribution is 2.44. The van der Waals surface area contributed by atoms with Crippen molar-refractivity contribution < 1.29 is 22.5 Å². The molecule has 0 amide bonds. The van der Waals surface area contributed by atoms with Crippen LogP contribution in [0.1, 0.15) is 23.7 Å². The van der Waals surface area contributed by atoms with E-state index < -0.39 is 16.1 Å². The molecule has 0 spiro atoms. The number of esters is 1. The average molecular weight is 401 g/mol. The molecule has 1 N–H and O–H groups in total. The highest BCUT2D eigenvalue weighted by Gasteiger charge is 2.32. The van der Waals surface area contributed by atoms with Gasteiger partial charge in [0.2, 0.25) is 0 Å². The molecule has 7 nitrogen and oxygen atoms in total. The summed E-state index contributed by atoms with van der Waals surface area (Å²) in [6.45, 7) is 6.64. The topological polar surface area (TPSA) is 87.2 Å². The number of methoxy groups -OCH3 is 1. The zero-order valence-corrected chi connectivity index (χ0v) is 16.2. The van der Waals surface area contributed by atoms with Gasteiger partial charge in [-0.25, -0.2) is 4.79 Å². The molecule has 2 rings (SSSR count). The van der Waals surface area contributed by atoms with Crippen molar-refractivity contribution >= 4 is 39.1 Å². The first-order chi connectivity index (χ1) is 12.2. The van der Waals surface area contributed by atoms with E-state index in [4.69, 9.17) is 20.9 Å². The van der Waals surface area contributed by atoms with Crippen LogP contribution in [-0.4, -0.2) is 44.9 Å². The highest BCUT2D eigenvalue weighted by molar-refractivity contribution is 7.85. The molecule has 1 aliphatic heterocycles. The monoisotopic (exact) mass is 400 g/mol. The van der Waals surface area contributed by atoms with Crippen LogP contribution >= 0.6 is 11.6 Å². The van der Waals surface area contributed by atoms with Gasteiger partial charge in [0.05, 0.1) is 34.8 Å². The van der Waals surface area contributed by atoms with E-state index in [1.54, 1.807) is 24.3 Å². The molecule has 1 aromatic carbocycles. The second-order valence-corrected chi connectivity index (χ2v) is 7.59. The number of anilines is 2. The summed E-state index contributed by atoms with van der Waals surface area (Å²) < 4.78 is 35.8. The Labute approximate surface area is 158 Å². The van der Waals surface area contributed by atoms with Gasteiger partial charge in [-0.05, 0) is 31.6 Å². The molecule has 0 atom stereocenters. The molecular formula is C17H21ClN2O5S. The molecule has 1 aliphatic rings. The molecular weight excluding hydrogens is 380 g/mol. The molecule has 0 aromatic heterocycles. The minimum absolute atomic E-state index is 0.209. The Morgan fingerprint density at radius 2 is 2.00 bits per heavy atom. The molecule has 0 saturated carbocycles. The van der Waals surface area contributed by atoms with Crippen molar-refractivity contribution in [2.75, 3.05) is 35.8 Å². The van der Waals surface area contributed by atoms with Gasteiger partial charge >= 0.3 is 5.97 Å². The van der Waals surface area contributed by atoms with Gasteiger partial charge in [-0.2, -0.15) is 8.42 Å². The van der Waals surface area contributed by atoms with Crippen molar-refractivity contribution in [2.45, 2.75) is 13.3 Å². The second kappa shape index (κ2) is 8.11. The first-order valence-electron chi connectivity index (χ1n) is 7.98. The van der Waals surface area contributed by atoms with Crippen LogP contribution in [0.25, 0.3) is 0 Å². The lowest BCUT2D eigenvalue weighted by atomic mass is 10.1. The van der Waals surface area contributed by atoms with Crippen LogP contribution in [0.2, 0.25) is 5.02 Å². The number of rotatable bonds is 7. The zero-order valence-electron chi connectivity index (χ0n) is 14.6. The third-order valence-corrected chi connectivity index (χ3v) is 5.09. The van der Waals surface area contributed by atoms with E-state index in [0.29, 0.717) is 18.8 Å². The largest absolute Gasteiger partial charge is 0.465 e. The van der Waals surface area contributed by atoms with Crippen molar-refractivity contribution in [2.24, 2.45) is 0 Å². The Hall–Kier alpha value is -2.03. The van der Waals surface area contributed by atoms with Gasteiger partial charge in [0, 0.05) is 13.1 Å². The van der Waals surface area contributed by atoms with Crippen molar-refractivity contribution in [3.8, 4) is 0 Å². The van der Waals surface area contributed by atoms with Gasteiger partial charge < -0.3 is 14.5 Å². The Morgan fingerprint density at radius 1 is 1.35 bits per heavy atom. The zero-order chi connectivity index (χ0) is 19.5. The van der Waals surface area contributed by atoms with E-state index in [0.717, 1.165) is 11.5 Å². The molecule has 0 fully saturated rings. The van der Waals surface area contributed by atoms with Crippen LogP contribution in [0.4, 0.5) is 11.4 Å². The molecule has 0 aliphatic carbocycles. The summed E-state index contributed by atoms with van der Waals surface area (Å²) in [6, 6.07) is 3.32. The van der Waals surface area contributed by atoms with Gasteiger partial charge in [0.1, 0.15) is 5.82 Å². The Morgan fingerprint density at radius 3 is 2.54 bits per heavy atom. The predicted molar refractivity (Wildman–Crippen MR) is 102 cm³/mol. The molecule has 0 radical (unpaired) electrons. The minimum atomic E-state index is -4.05. The molecule has 0 unspecified atom stereocenters. The molecule has 0 bridgehead atoms. The quantitative estimate of drug-likeness (QED) is 0.555. The second-order valence-electron chi connectivity index (χ2n) is 5.61. The first kappa shape index (κ1) is 20.3. The maximum atomic E-state index is 12.0. The van der Waals surface area contributed by atoms with Crippen molar-refractivity contribution in [1.82, 2.24) is 0 Å².